The van der Waals surface area contributed by atoms with Crippen molar-refractivity contribution in [2.24, 2.45) is 29.1 Å². The fourth-order valence-corrected chi connectivity index (χ4v) is 7.67. The third kappa shape index (κ3) is 4.39. The standard InChI is InChI=1S/C21H34N2O2.C2HF3O2/c1-22-4-3-15(12-25-2)11-21(22)13-23(14-21)19(24)20-8-16-5-17(9-20)7-18(6-16)10-20;3-2(4,5)1(6)7/h15-18H,3-14H2,1-2H3;(H,6,7). The first-order valence-electron chi connectivity index (χ1n) is 11.8. The van der Waals surface area contributed by atoms with Gasteiger partial charge in [-0.15, -0.1) is 0 Å². The van der Waals surface area contributed by atoms with E-state index >= 15 is 0 Å². The number of aliphatic carboxylic acids is 1. The minimum atomic E-state index is -5.08. The van der Waals surface area contributed by atoms with E-state index in [-0.39, 0.29) is 11.0 Å². The Labute approximate surface area is 187 Å². The van der Waals surface area contributed by atoms with Gasteiger partial charge >= 0.3 is 12.1 Å². The number of piperidine rings is 1. The molecule has 1 amide bonds. The lowest BCUT2D eigenvalue weighted by atomic mass is 9.49. The van der Waals surface area contributed by atoms with Crippen LogP contribution in [0.25, 0.3) is 0 Å². The molecule has 182 valence electrons. The third-order valence-electron chi connectivity index (χ3n) is 8.75. The van der Waals surface area contributed by atoms with Crippen LogP contribution in [0.4, 0.5) is 13.2 Å². The summed E-state index contributed by atoms with van der Waals surface area (Å²) in [6.45, 7) is 3.94. The average Bonchev–Trinajstić information content (AvgIpc) is 2.66. The molecule has 1 spiro atoms. The van der Waals surface area contributed by atoms with Crippen LogP contribution in [0.5, 0.6) is 0 Å². The molecule has 6 nitrogen and oxygen atoms in total. The van der Waals surface area contributed by atoms with Crippen LogP contribution in [0.15, 0.2) is 0 Å². The molecule has 2 saturated heterocycles. The van der Waals surface area contributed by atoms with E-state index in [9.17, 15) is 18.0 Å². The summed E-state index contributed by atoms with van der Waals surface area (Å²) < 4.78 is 37.2. The molecule has 4 saturated carbocycles. The van der Waals surface area contributed by atoms with E-state index in [1.807, 2.05) is 7.11 Å². The number of carboxylic acid groups (broad SMARTS) is 1. The Balaban J connectivity index is 0.000000307. The van der Waals surface area contributed by atoms with Crippen molar-refractivity contribution in [1.82, 2.24) is 9.80 Å². The fraction of sp³-hybridized carbons (Fsp3) is 0.913. The molecule has 1 unspecified atom stereocenters. The van der Waals surface area contributed by atoms with Gasteiger partial charge in [0, 0.05) is 26.8 Å². The molecule has 4 bridgehead atoms. The summed E-state index contributed by atoms with van der Waals surface area (Å²) in [4.78, 5) is 27.2. The molecule has 2 aliphatic heterocycles. The molecule has 1 atom stereocenters. The Hall–Kier alpha value is -1.35. The van der Waals surface area contributed by atoms with Gasteiger partial charge < -0.3 is 14.7 Å². The Morgan fingerprint density at radius 2 is 1.53 bits per heavy atom. The molecular weight excluding hydrogens is 425 g/mol. The summed E-state index contributed by atoms with van der Waals surface area (Å²) in [7, 11) is 4.07. The minimum Gasteiger partial charge on any atom is -0.475 e. The molecule has 6 fully saturated rings. The number of hydrogen-bond donors (Lipinski definition) is 1. The van der Waals surface area contributed by atoms with Gasteiger partial charge in [0.15, 0.2) is 0 Å². The van der Waals surface area contributed by atoms with E-state index in [1.54, 1.807) is 0 Å². The van der Waals surface area contributed by atoms with Crippen molar-refractivity contribution < 1.29 is 32.6 Å². The van der Waals surface area contributed by atoms with Gasteiger partial charge in [-0.1, -0.05) is 0 Å². The second-order valence-corrected chi connectivity index (χ2v) is 11.1. The highest BCUT2D eigenvalue weighted by molar-refractivity contribution is 5.84. The van der Waals surface area contributed by atoms with Gasteiger partial charge in [-0.2, -0.15) is 13.2 Å². The number of carbonyl (C=O) groups is 2. The van der Waals surface area contributed by atoms with Crippen molar-refractivity contribution in [3.05, 3.63) is 0 Å². The van der Waals surface area contributed by atoms with Crippen molar-refractivity contribution in [1.29, 1.82) is 0 Å². The number of hydrogen-bond acceptors (Lipinski definition) is 4. The topological polar surface area (TPSA) is 70.1 Å². The number of methoxy groups -OCH3 is 1. The van der Waals surface area contributed by atoms with Crippen LogP contribution in [0, 0.1) is 29.1 Å². The maximum atomic E-state index is 13.5. The van der Waals surface area contributed by atoms with E-state index in [1.165, 1.54) is 51.4 Å². The lowest BCUT2D eigenvalue weighted by molar-refractivity contribution is -0.192. The zero-order valence-electron chi connectivity index (χ0n) is 19.0. The predicted molar refractivity (Wildman–Crippen MR) is 111 cm³/mol. The number of nitrogens with zero attached hydrogens (tertiary/aromatic N) is 2. The maximum absolute atomic E-state index is 13.5. The number of likely N-dealkylation sites (N-methyl/N-ethyl adjacent to an activating group) is 1. The average molecular weight is 461 g/mol. The van der Waals surface area contributed by atoms with E-state index < -0.39 is 12.1 Å². The smallest absolute Gasteiger partial charge is 0.475 e. The van der Waals surface area contributed by atoms with Gasteiger partial charge in [-0.3, -0.25) is 9.69 Å². The van der Waals surface area contributed by atoms with Crippen LogP contribution in [-0.4, -0.2) is 78.9 Å². The van der Waals surface area contributed by atoms with Crippen LogP contribution in [-0.2, 0) is 14.3 Å². The van der Waals surface area contributed by atoms with E-state index in [4.69, 9.17) is 14.6 Å². The van der Waals surface area contributed by atoms with Gasteiger partial charge in [-0.05, 0) is 88.6 Å². The molecule has 9 heteroatoms. The normalized spacial score (nSPS) is 37.6. The minimum absolute atomic E-state index is 0.0372. The quantitative estimate of drug-likeness (QED) is 0.699. The lowest BCUT2D eigenvalue weighted by Crippen LogP contribution is -2.74. The summed E-state index contributed by atoms with van der Waals surface area (Å²) in [5.41, 5.74) is 0.273. The first-order chi connectivity index (χ1) is 15.0. The van der Waals surface area contributed by atoms with Crippen molar-refractivity contribution >= 4 is 11.9 Å². The van der Waals surface area contributed by atoms with Crippen LogP contribution >= 0.6 is 0 Å². The van der Waals surface area contributed by atoms with E-state index in [0.29, 0.717) is 11.8 Å². The number of amides is 1. The summed E-state index contributed by atoms with van der Waals surface area (Å²) in [5.74, 6) is 1.00. The highest BCUT2D eigenvalue weighted by atomic mass is 19.4. The van der Waals surface area contributed by atoms with Crippen LogP contribution in [0.1, 0.15) is 51.4 Å². The summed E-state index contributed by atoms with van der Waals surface area (Å²) in [6.07, 6.45) is 5.18. The van der Waals surface area contributed by atoms with Gasteiger partial charge in [0.1, 0.15) is 0 Å². The second kappa shape index (κ2) is 8.46. The maximum Gasteiger partial charge on any atom is 0.490 e. The number of rotatable bonds is 3. The molecule has 4 aliphatic carbocycles. The first-order valence-corrected chi connectivity index (χ1v) is 11.8. The van der Waals surface area contributed by atoms with Gasteiger partial charge in [-0.25, -0.2) is 4.79 Å². The van der Waals surface area contributed by atoms with Crippen molar-refractivity contribution in [2.45, 2.75) is 63.1 Å². The molecule has 0 aromatic rings. The van der Waals surface area contributed by atoms with Gasteiger partial charge in [0.05, 0.1) is 11.0 Å². The zero-order chi connectivity index (χ0) is 23.3. The van der Waals surface area contributed by atoms with Crippen molar-refractivity contribution in [3.8, 4) is 0 Å². The molecule has 6 aliphatic rings. The monoisotopic (exact) mass is 460 g/mol. The van der Waals surface area contributed by atoms with E-state index in [0.717, 1.165) is 44.0 Å². The van der Waals surface area contributed by atoms with Gasteiger partial charge in [0.2, 0.25) is 5.91 Å². The summed E-state index contributed by atoms with van der Waals surface area (Å²) in [6, 6.07) is 0. The highest BCUT2D eigenvalue weighted by Crippen LogP contribution is 2.61. The number of ether oxygens (including phenoxy) is 1. The number of likely N-dealkylation sites (tertiary alicyclic amines) is 2. The SMILES string of the molecule is COCC1CCN(C)C2(C1)CN(C(=O)C13CC4CC(CC(C4)C1)C3)C2.O=C(O)C(F)(F)F. The zero-order valence-corrected chi connectivity index (χ0v) is 19.0. The molecule has 32 heavy (non-hydrogen) atoms. The van der Waals surface area contributed by atoms with Crippen LogP contribution in [0.2, 0.25) is 0 Å². The Kier molecular flexibility index (Phi) is 6.29. The highest BCUT2D eigenvalue weighted by Gasteiger charge is 2.59. The Morgan fingerprint density at radius 3 is 1.97 bits per heavy atom. The summed E-state index contributed by atoms with van der Waals surface area (Å²) in [5, 5.41) is 7.12. The number of carbonyl (C=O) groups excluding carboxylic acids is 1. The number of halogens is 3. The van der Waals surface area contributed by atoms with Crippen LogP contribution in [0.3, 0.4) is 0 Å². The molecule has 6 rings (SSSR count). The lowest BCUT2D eigenvalue weighted by Gasteiger charge is -2.62. The van der Waals surface area contributed by atoms with Gasteiger partial charge in [0.25, 0.3) is 0 Å². The number of alkyl halides is 3. The summed E-state index contributed by atoms with van der Waals surface area (Å²) >= 11 is 0. The fourth-order valence-electron chi connectivity index (χ4n) is 7.67. The van der Waals surface area contributed by atoms with Crippen molar-refractivity contribution in [2.75, 3.05) is 40.4 Å². The molecular formula is C23H35F3N2O4. The Morgan fingerprint density at radius 1 is 1.03 bits per heavy atom. The second-order valence-electron chi connectivity index (χ2n) is 11.1. The molecule has 0 radical (unpaired) electrons. The molecule has 2 heterocycles. The third-order valence-corrected chi connectivity index (χ3v) is 8.75. The largest absolute Gasteiger partial charge is 0.490 e. The van der Waals surface area contributed by atoms with Crippen molar-refractivity contribution in [3.63, 3.8) is 0 Å². The predicted octanol–water partition coefficient (Wildman–Crippen LogP) is 3.41. The van der Waals surface area contributed by atoms with Crippen LogP contribution < -0.4 is 0 Å². The molecule has 0 aromatic carbocycles. The molecule has 1 N–H and O–H groups in total. The first kappa shape index (κ1) is 23.8. The number of carboxylic acids is 1. The Bertz CT molecular complexity index is 700. The molecule has 0 aromatic heterocycles. The van der Waals surface area contributed by atoms with E-state index in [2.05, 4.69) is 16.8 Å².